The monoisotopic (exact) mass is 293 g/mol. The standard InChI is InChI=1S/C15H23N3O3/c1-4-11(5-2)18-10(3)12(9-16-18)14(19)17-8-6-7-13(17)15(20)21/h9,11,13H,4-8H2,1-3H3,(H,20,21). The van der Waals surface area contributed by atoms with E-state index in [1.807, 2.05) is 11.6 Å². The highest BCUT2D eigenvalue weighted by molar-refractivity contribution is 5.97. The van der Waals surface area contributed by atoms with E-state index in [9.17, 15) is 14.7 Å². The van der Waals surface area contributed by atoms with Crippen molar-refractivity contribution in [3.8, 4) is 0 Å². The van der Waals surface area contributed by atoms with Crippen LogP contribution in [0.15, 0.2) is 6.20 Å². The number of carboxylic acids is 1. The van der Waals surface area contributed by atoms with E-state index < -0.39 is 12.0 Å². The number of hydrogen-bond donors (Lipinski definition) is 1. The van der Waals surface area contributed by atoms with Crippen LogP contribution in [-0.2, 0) is 4.79 Å². The van der Waals surface area contributed by atoms with Gasteiger partial charge in [0.25, 0.3) is 5.91 Å². The van der Waals surface area contributed by atoms with Gasteiger partial charge in [-0.05, 0) is 32.6 Å². The maximum atomic E-state index is 12.6. The zero-order valence-corrected chi connectivity index (χ0v) is 12.9. The van der Waals surface area contributed by atoms with E-state index in [1.54, 1.807) is 6.20 Å². The molecule has 1 aromatic rings. The second-order valence-electron chi connectivity index (χ2n) is 5.55. The minimum Gasteiger partial charge on any atom is -0.480 e. The number of hydrogen-bond acceptors (Lipinski definition) is 3. The molecule has 1 amide bonds. The molecule has 1 aliphatic heterocycles. The molecule has 0 aromatic carbocycles. The topological polar surface area (TPSA) is 75.4 Å². The molecule has 21 heavy (non-hydrogen) atoms. The first-order valence-corrected chi connectivity index (χ1v) is 7.59. The molecule has 1 fully saturated rings. The Balaban J connectivity index is 2.26. The third-order valence-corrected chi connectivity index (χ3v) is 4.36. The highest BCUT2D eigenvalue weighted by Gasteiger charge is 2.35. The molecule has 0 saturated carbocycles. The first kappa shape index (κ1) is 15.5. The van der Waals surface area contributed by atoms with Gasteiger partial charge in [-0.1, -0.05) is 13.8 Å². The van der Waals surface area contributed by atoms with Gasteiger partial charge in [0, 0.05) is 12.2 Å². The van der Waals surface area contributed by atoms with E-state index in [4.69, 9.17) is 0 Å². The fraction of sp³-hybridized carbons (Fsp3) is 0.667. The molecule has 1 aromatic heterocycles. The van der Waals surface area contributed by atoms with Crippen molar-refractivity contribution in [2.75, 3.05) is 6.54 Å². The largest absolute Gasteiger partial charge is 0.480 e. The van der Waals surface area contributed by atoms with Crippen LogP contribution in [0.1, 0.15) is 61.6 Å². The second kappa shape index (κ2) is 6.28. The van der Waals surface area contributed by atoms with Crippen LogP contribution in [0.5, 0.6) is 0 Å². The maximum Gasteiger partial charge on any atom is 0.326 e. The number of carbonyl (C=O) groups is 2. The van der Waals surface area contributed by atoms with Gasteiger partial charge in [0.2, 0.25) is 0 Å². The number of aliphatic carboxylic acids is 1. The van der Waals surface area contributed by atoms with Crippen LogP contribution in [0, 0.1) is 6.92 Å². The average molecular weight is 293 g/mol. The summed E-state index contributed by atoms with van der Waals surface area (Å²) in [5.74, 6) is -1.14. The van der Waals surface area contributed by atoms with Gasteiger partial charge in [0.1, 0.15) is 6.04 Å². The molecule has 6 nitrogen and oxygen atoms in total. The molecule has 1 atom stereocenters. The zero-order valence-electron chi connectivity index (χ0n) is 12.9. The minimum atomic E-state index is -0.925. The van der Waals surface area contributed by atoms with Gasteiger partial charge in [-0.15, -0.1) is 0 Å². The normalized spacial score (nSPS) is 18.5. The molecular formula is C15H23N3O3. The van der Waals surface area contributed by atoms with Crippen LogP contribution in [0.2, 0.25) is 0 Å². The lowest BCUT2D eigenvalue weighted by molar-refractivity contribution is -0.141. The SMILES string of the molecule is CCC(CC)n1ncc(C(=O)N2CCCC2C(=O)O)c1C. The number of amides is 1. The van der Waals surface area contributed by atoms with Crippen LogP contribution >= 0.6 is 0 Å². The zero-order chi connectivity index (χ0) is 15.6. The molecular weight excluding hydrogens is 270 g/mol. The smallest absolute Gasteiger partial charge is 0.326 e. The number of nitrogens with zero attached hydrogens (tertiary/aromatic N) is 3. The van der Waals surface area contributed by atoms with E-state index in [1.165, 1.54) is 4.90 Å². The molecule has 0 aliphatic carbocycles. The highest BCUT2D eigenvalue weighted by atomic mass is 16.4. The Bertz CT molecular complexity index is 534. The van der Waals surface area contributed by atoms with Crippen LogP contribution in [-0.4, -0.2) is 44.3 Å². The van der Waals surface area contributed by atoms with Gasteiger partial charge in [-0.3, -0.25) is 9.48 Å². The fourth-order valence-electron chi connectivity index (χ4n) is 3.06. The Morgan fingerprint density at radius 1 is 1.43 bits per heavy atom. The molecule has 1 N–H and O–H groups in total. The molecule has 1 aliphatic rings. The lowest BCUT2D eigenvalue weighted by Crippen LogP contribution is -2.40. The van der Waals surface area contributed by atoms with Crippen molar-refractivity contribution >= 4 is 11.9 Å². The summed E-state index contributed by atoms with van der Waals surface area (Å²) in [4.78, 5) is 25.3. The molecule has 2 rings (SSSR count). The molecule has 116 valence electrons. The lowest BCUT2D eigenvalue weighted by Gasteiger charge is -2.21. The van der Waals surface area contributed by atoms with Crippen molar-refractivity contribution in [1.29, 1.82) is 0 Å². The second-order valence-corrected chi connectivity index (χ2v) is 5.55. The molecule has 2 heterocycles. The van der Waals surface area contributed by atoms with E-state index in [2.05, 4.69) is 18.9 Å². The van der Waals surface area contributed by atoms with Crippen molar-refractivity contribution in [1.82, 2.24) is 14.7 Å². The van der Waals surface area contributed by atoms with Gasteiger partial charge < -0.3 is 10.0 Å². The molecule has 0 spiro atoms. The summed E-state index contributed by atoms with van der Waals surface area (Å²) in [5, 5.41) is 13.5. The Labute approximate surface area is 124 Å². The van der Waals surface area contributed by atoms with Crippen LogP contribution in [0.3, 0.4) is 0 Å². The summed E-state index contributed by atoms with van der Waals surface area (Å²) in [7, 11) is 0. The average Bonchev–Trinajstić information content (AvgIpc) is 3.07. The summed E-state index contributed by atoms with van der Waals surface area (Å²) in [6, 6.07) is -0.422. The first-order chi connectivity index (χ1) is 10.0. The quantitative estimate of drug-likeness (QED) is 0.903. The summed E-state index contributed by atoms with van der Waals surface area (Å²) in [5.41, 5.74) is 1.35. The summed E-state index contributed by atoms with van der Waals surface area (Å²) in [6.45, 7) is 6.57. The molecule has 0 bridgehead atoms. The lowest BCUT2D eigenvalue weighted by atomic mass is 10.1. The van der Waals surface area contributed by atoms with Crippen molar-refractivity contribution in [3.63, 3.8) is 0 Å². The van der Waals surface area contributed by atoms with E-state index >= 15 is 0 Å². The van der Waals surface area contributed by atoms with E-state index in [0.29, 0.717) is 18.5 Å². The van der Waals surface area contributed by atoms with E-state index in [-0.39, 0.29) is 11.9 Å². The summed E-state index contributed by atoms with van der Waals surface area (Å²) < 4.78 is 1.89. The van der Waals surface area contributed by atoms with Crippen LogP contribution < -0.4 is 0 Å². The third-order valence-electron chi connectivity index (χ3n) is 4.36. The molecule has 0 radical (unpaired) electrons. The number of carboxylic acid groups (broad SMARTS) is 1. The van der Waals surface area contributed by atoms with Crippen LogP contribution in [0.4, 0.5) is 0 Å². The predicted octanol–water partition coefficient (Wildman–Crippen LogP) is 2.24. The van der Waals surface area contributed by atoms with Crippen molar-refractivity contribution in [2.24, 2.45) is 0 Å². The Morgan fingerprint density at radius 2 is 2.10 bits per heavy atom. The van der Waals surface area contributed by atoms with Crippen LogP contribution in [0.25, 0.3) is 0 Å². The Kier molecular flexibility index (Phi) is 4.65. The van der Waals surface area contributed by atoms with Crippen molar-refractivity contribution < 1.29 is 14.7 Å². The number of rotatable bonds is 5. The van der Waals surface area contributed by atoms with Gasteiger partial charge in [0.15, 0.2) is 0 Å². The minimum absolute atomic E-state index is 0.213. The van der Waals surface area contributed by atoms with E-state index in [0.717, 1.165) is 25.0 Å². The fourth-order valence-corrected chi connectivity index (χ4v) is 3.06. The highest BCUT2D eigenvalue weighted by Crippen LogP contribution is 2.24. The maximum absolute atomic E-state index is 12.6. The number of aromatic nitrogens is 2. The first-order valence-electron chi connectivity index (χ1n) is 7.59. The summed E-state index contributed by atoms with van der Waals surface area (Å²) in [6.07, 6.45) is 4.75. The van der Waals surface area contributed by atoms with Gasteiger partial charge in [-0.25, -0.2) is 4.79 Å². The summed E-state index contributed by atoms with van der Waals surface area (Å²) >= 11 is 0. The van der Waals surface area contributed by atoms with Gasteiger partial charge in [-0.2, -0.15) is 5.10 Å². The number of likely N-dealkylation sites (tertiary alicyclic amines) is 1. The third kappa shape index (κ3) is 2.80. The Hall–Kier alpha value is -1.85. The molecule has 1 saturated heterocycles. The number of carbonyl (C=O) groups excluding carboxylic acids is 1. The Morgan fingerprint density at radius 3 is 2.67 bits per heavy atom. The van der Waals surface area contributed by atoms with Crippen molar-refractivity contribution in [2.45, 2.75) is 58.5 Å². The molecule has 6 heteroatoms. The van der Waals surface area contributed by atoms with Gasteiger partial charge >= 0.3 is 5.97 Å². The predicted molar refractivity (Wildman–Crippen MR) is 78.3 cm³/mol. The van der Waals surface area contributed by atoms with Crippen molar-refractivity contribution in [3.05, 3.63) is 17.5 Å². The van der Waals surface area contributed by atoms with Gasteiger partial charge in [0.05, 0.1) is 17.8 Å². The molecule has 1 unspecified atom stereocenters.